The van der Waals surface area contributed by atoms with Crippen LogP contribution in [0.1, 0.15) is 55.4 Å². The Balaban J connectivity index is 1.71. The Hall–Kier alpha value is -1.32. The summed E-state index contributed by atoms with van der Waals surface area (Å²) < 4.78 is 1.82. The van der Waals surface area contributed by atoms with E-state index in [1.165, 1.54) is 44.9 Å². The molecular formula is C15H23N3O. The molecule has 104 valence electrons. The zero-order valence-electron chi connectivity index (χ0n) is 11.8. The van der Waals surface area contributed by atoms with Crippen LogP contribution in [0.15, 0.2) is 12.5 Å². The first kappa shape index (κ1) is 12.7. The highest BCUT2D eigenvalue weighted by Gasteiger charge is 2.40. The van der Waals surface area contributed by atoms with E-state index in [0.29, 0.717) is 11.1 Å². The minimum atomic E-state index is 0.154. The molecule has 4 heteroatoms. The van der Waals surface area contributed by atoms with Crippen LogP contribution in [-0.4, -0.2) is 33.4 Å². The van der Waals surface area contributed by atoms with E-state index in [4.69, 9.17) is 0 Å². The van der Waals surface area contributed by atoms with Crippen molar-refractivity contribution in [1.29, 1.82) is 0 Å². The van der Waals surface area contributed by atoms with Crippen molar-refractivity contribution in [3.63, 3.8) is 0 Å². The maximum atomic E-state index is 12.5. The van der Waals surface area contributed by atoms with Gasteiger partial charge in [-0.05, 0) is 24.7 Å². The summed E-state index contributed by atoms with van der Waals surface area (Å²) in [4.78, 5) is 18.6. The molecule has 1 aliphatic carbocycles. The predicted octanol–water partition coefficient (Wildman–Crippen LogP) is 2.61. The minimum absolute atomic E-state index is 0.154. The lowest BCUT2D eigenvalue weighted by molar-refractivity contribution is 0.0758. The number of carbonyl (C=O) groups is 1. The van der Waals surface area contributed by atoms with E-state index in [9.17, 15) is 4.79 Å². The Labute approximate surface area is 114 Å². The molecule has 1 saturated heterocycles. The highest BCUT2D eigenvalue weighted by atomic mass is 16.2. The first-order valence-electron chi connectivity index (χ1n) is 7.46. The molecule has 0 radical (unpaired) electrons. The Kier molecular flexibility index (Phi) is 3.33. The summed E-state index contributed by atoms with van der Waals surface area (Å²) in [6.45, 7) is 1.88. The molecule has 1 spiro atoms. The average molecular weight is 261 g/mol. The number of imidazole rings is 1. The summed E-state index contributed by atoms with van der Waals surface area (Å²) in [6.07, 6.45) is 12.6. The Morgan fingerprint density at radius 1 is 1.21 bits per heavy atom. The summed E-state index contributed by atoms with van der Waals surface area (Å²) in [5.74, 6) is 0.154. The number of rotatable bonds is 1. The van der Waals surface area contributed by atoms with Gasteiger partial charge in [0.2, 0.25) is 0 Å². The van der Waals surface area contributed by atoms with Crippen LogP contribution in [0.25, 0.3) is 0 Å². The number of carbonyl (C=O) groups excluding carboxylic acids is 1. The average Bonchev–Trinajstić information content (AvgIpc) is 2.93. The summed E-state index contributed by atoms with van der Waals surface area (Å²) in [5.41, 5.74) is 1.13. The van der Waals surface area contributed by atoms with Gasteiger partial charge in [0.25, 0.3) is 5.91 Å². The smallest absolute Gasteiger partial charge is 0.272 e. The van der Waals surface area contributed by atoms with E-state index < -0.39 is 0 Å². The summed E-state index contributed by atoms with van der Waals surface area (Å²) in [7, 11) is 1.89. The van der Waals surface area contributed by atoms with Gasteiger partial charge in [-0.2, -0.15) is 0 Å². The van der Waals surface area contributed by atoms with Crippen LogP contribution in [0.4, 0.5) is 0 Å². The molecule has 0 N–H and O–H groups in total. The van der Waals surface area contributed by atoms with Crippen LogP contribution in [0, 0.1) is 5.41 Å². The van der Waals surface area contributed by atoms with Crippen LogP contribution >= 0.6 is 0 Å². The maximum absolute atomic E-state index is 12.5. The number of nitrogens with zero attached hydrogens (tertiary/aromatic N) is 3. The quantitative estimate of drug-likeness (QED) is 0.779. The maximum Gasteiger partial charge on any atom is 0.272 e. The molecule has 1 amide bonds. The molecule has 2 fully saturated rings. The Morgan fingerprint density at radius 2 is 1.95 bits per heavy atom. The fourth-order valence-electron chi connectivity index (χ4n) is 3.72. The van der Waals surface area contributed by atoms with Gasteiger partial charge in [-0.1, -0.05) is 25.7 Å². The van der Waals surface area contributed by atoms with Crippen LogP contribution in [0.2, 0.25) is 0 Å². The molecule has 19 heavy (non-hydrogen) atoms. The van der Waals surface area contributed by atoms with Gasteiger partial charge in [-0.3, -0.25) is 4.79 Å². The zero-order valence-corrected chi connectivity index (χ0v) is 11.8. The second kappa shape index (κ2) is 4.99. The fourth-order valence-corrected chi connectivity index (χ4v) is 3.72. The first-order valence-corrected chi connectivity index (χ1v) is 7.46. The molecule has 0 unspecified atom stereocenters. The number of aromatic nitrogens is 2. The monoisotopic (exact) mass is 261 g/mol. The standard InChI is InChI=1S/C15H23N3O/c1-17-12-16-10-13(17)14(19)18-9-8-15(11-18)6-4-2-3-5-7-15/h10,12H,2-9,11H2,1H3. The molecule has 2 heterocycles. The number of amides is 1. The zero-order chi connectivity index (χ0) is 13.3. The van der Waals surface area contributed by atoms with Crippen molar-refractivity contribution in [2.45, 2.75) is 44.9 Å². The number of hydrogen-bond donors (Lipinski definition) is 0. The lowest BCUT2D eigenvalue weighted by Crippen LogP contribution is -2.33. The number of hydrogen-bond acceptors (Lipinski definition) is 2. The van der Waals surface area contributed by atoms with Crippen molar-refractivity contribution < 1.29 is 4.79 Å². The van der Waals surface area contributed by atoms with Gasteiger partial charge in [-0.15, -0.1) is 0 Å². The third-order valence-corrected chi connectivity index (χ3v) is 4.93. The van der Waals surface area contributed by atoms with Crippen molar-refractivity contribution in [2.75, 3.05) is 13.1 Å². The van der Waals surface area contributed by atoms with Crippen molar-refractivity contribution >= 4 is 5.91 Å². The highest BCUT2D eigenvalue weighted by molar-refractivity contribution is 5.92. The van der Waals surface area contributed by atoms with Crippen molar-refractivity contribution in [2.24, 2.45) is 12.5 Å². The van der Waals surface area contributed by atoms with Gasteiger partial charge in [0.1, 0.15) is 5.69 Å². The largest absolute Gasteiger partial charge is 0.337 e. The second-order valence-electron chi connectivity index (χ2n) is 6.28. The van der Waals surface area contributed by atoms with Crippen LogP contribution in [0.5, 0.6) is 0 Å². The topological polar surface area (TPSA) is 38.1 Å². The van der Waals surface area contributed by atoms with Crippen LogP contribution in [0.3, 0.4) is 0 Å². The summed E-state index contributed by atoms with van der Waals surface area (Å²) in [5, 5.41) is 0. The van der Waals surface area contributed by atoms with E-state index in [1.807, 2.05) is 16.5 Å². The Bertz CT molecular complexity index is 458. The van der Waals surface area contributed by atoms with E-state index in [0.717, 1.165) is 13.1 Å². The molecule has 1 aromatic rings. The van der Waals surface area contributed by atoms with Crippen LogP contribution < -0.4 is 0 Å². The van der Waals surface area contributed by atoms with E-state index in [1.54, 1.807) is 12.5 Å². The minimum Gasteiger partial charge on any atom is -0.337 e. The highest BCUT2D eigenvalue weighted by Crippen LogP contribution is 2.42. The number of likely N-dealkylation sites (tertiary alicyclic amines) is 1. The molecule has 0 bridgehead atoms. The molecule has 0 aromatic carbocycles. The van der Waals surface area contributed by atoms with Crippen molar-refractivity contribution in [3.8, 4) is 0 Å². The molecule has 0 atom stereocenters. The molecular weight excluding hydrogens is 238 g/mol. The molecule has 3 rings (SSSR count). The lowest BCUT2D eigenvalue weighted by Gasteiger charge is -2.27. The normalized spacial score (nSPS) is 22.7. The van der Waals surface area contributed by atoms with E-state index in [2.05, 4.69) is 4.98 Å². The van der Waals surface area contributed by atoms with Crippen molar-refractivity contribution in [1.82, 2.24) is 14.5 Å². The van der Waals surface area contributed by atoms with Gasteiger partial charge in [-0.25, -0.2) is 4.98 Å². The van der Waals surface area contributed by atoms with Crippen molar-refractivity contribution in [3.05, 3.63) is 18.2 Å². The van der Waals surface area contributed by atoms with E-state index >= 15 is 0 Å². The molecule has 1 saturated carbocycles. The second-order valence-corrected chi connectivity index (χ2v) is 6.28. The van der Waals surface area contributed by atoms with Gasteiger partial charge in [0.05, 0.1) is 12.5 Å². The molecule has 1 aliphatic heterocycles. The molecule has 2 aliphatic rings. The third-order valence-electron chi connectivity index (χ3n) is 4.93. The van der Waals surface area contributed by atoms with Gasteiger partial charge in [0, 0.05) is 20.1 Å². The van der Waals surface area contributed by atoms with Gasteiger partial charge < -0.3 is 9.47 Å². The fraction of sp³-hybridized carbons (Fsp3) is 0.733. The van der Waals surface area contributed by atoms with Gasteiger partial charge >= 0.3 is 0 Å². The third kappa shape index (κ3) is 2.40. The van der Waals surface area contributed by atoms with Gasteiger partial charge in [0.15, 0.2) is 0 Å². The van der Waals surface area contributed by atoms with E-state index in [-0.39, 0.29) is 5.91 Å². The van der Waals surface area contributed by atoms with Crippen LogP contribution in [-0.2, 0) is 7.05 Å². The lowest BCUT2D eigenvalue weighted by atomic mass is 9.80. The summed E-state index contributed by atoms with van der Waals surface area (Å²) >= 11 is 0. The Morgan fingerprint density at radius 3 is 2.58 bits per heavy atom. The number of aryl methyl sites for hydroxylation is 1. The predicted molar refractivity (Wildman–Crippen MR) is 73.9 cm³/mol. The molecule has 1 aromatic heterocycles. The molecule has 4 nitrogen and oxygen atoms in total. The summed E-state index contributed by atoms with van der Waals surface area (Å²) in [6, 6.07) is 0. The first-order chi connectivity index (χ1) is 9.20. The SMILES string of the molecule is Cn1cncc1C(=O)N1CCC2(CCCCCC2)C1.